The number of carbonyl (C=O) groups is 1. The second-order valence-electron chi connectivity index (χ2n) is 5.85. The Morgan fingerprint density at radius 2 is 2.00 bits per heavy atom. The van der Waals surface area contributed by atoms with Gasteiger partial charge in [-0.1, -0.05) is 11.6 Å². The van der Waals surface area contributed by atoms with Gasteiger partial charge in [0, 0.05) is 17.3 Å². The summed E-state index contributed by atoms with van der Waals surface area (Å²) in [4.78, 5) is 19.9. The number of amides is 1. The maximum atomic E-state index is 14.0. The van der Waals surface area contributed by atoms with E-state index in [0.717, 1.165) is 18.3 Å². The van der Waals surface area contributed by atoms with Crippen LogP contribution < -0.4 is 15.8 Å². The lowest BCUT2D eigenvalue weighted by molar-refractivity contribution is -0.0500. The van der Waals surface area contributed by atoms with Crippen molar-refractivity contribution in [1.29, 1.82) is 0 Å². The van der Waals surface area contributed by atoms with E-state index in [4.69, 9.17) is 17.3 Å². The van der Waals surface area contributed by atoms with Gasteiger partial charge in [-0.05, 0) is 18.2 Å². The molecule has 0 atom stereocenters. The first kappa shape index (κ1) is 24.3. The van der Waals surface area contributed by atoms with Crippen LogP contribution in [0, 0.1) is 5.82 Å². The van der Waals surface area contributed by atoms with Crippen LogP contribution in [0.25, 0.3) is 0 Å². The van der Waals surface area contributed by atoms with Crippen LogP contribution in [0.3, 0.4) is 0 Å². The lowest BCUT2D eigenvalue weighted by Gasteiger charge is -2.10. The number of hydrogen-bond donors (Lipinski definition) is 2. The van der Waals surface area contributed by atoms with E-state index in [1.54, 1.807) is 0 Å². The molecule has 0 spiro atoms. The van der Waals surface area contributed by atoms with Crippen molar-refractivity contribution in [3.63, 3.8) is 0 Å². The molecule has 13 heteroatoms. The summed E-state index contributed by atoms with van der Waals surface area (Å²) < 4.78 is 71.2. The zero-order chi connectivity index (χ0) is 23.0. The van der Waals surface area contributed by atoms with Crippen molar-refractivity contribution in [2.24, 2.45) is 10.7 Å². The molecule has 1 heterocycles. The van der Waals surface area contributed by atoms with Gasteiger partial charge in [0.15, 0.2) is 0 Å². The molecular formula is C18H16ClF5N4O3. The van der Waals surface area contributed by atoms with Crippen LogP contribution in [0.1, 0.15) is 16.1 Å². The third-order valence-electron chi connectivity index (χ3n) is 3.51. The number of benzene rings is 1. The number of rotatable bonds is 10. The van der Waals surface area contributed by atoms with E-state index >= 15 is 0 Å². The highest BCUT2D eigenvalue weighted by atomic mass is 35.5. The first-order chi connectivity index (χ1) is 14.7. The molecule has 31 heavy (non-hydrogen) atoms. The molecule has 0 saturated carbocycles. The second-order valence-corrected chi connectivity index (χ2v) is 6.26. The molecule has 1 aromatic heterocycles. The Hall–Kier alpha value is -2.99. The van der Waals surface area contributed by atoms with E-state index in [2.05, 4.69) is 24.8 Å². The van der Waals surface area contributed by atoms with Crippen LogP contribution in [0.5, 0.6) is 5.75 Å². The van der Waals surface area contributed by atoms with Gasteiger partial charge in [0.2, 0.25) is 0 Å². The first-order valence-electron chi connectivity index (χ1n) is 8.50. The van der Waals surface area contributed by atoms with Crippen LogP contribution in [0.15, 0.2) is 35.5 Å². The van der Waals surface area contributed by atoms with Crippen molar-refractivity contribution in [2.75, 3.05) is 18.5 Å². The van der Waals surface area contributed by atoms with E-state index < -0.39 is 31.4 Å². The number of halogens is 6. The number of hydrogen-bond acceptors (Lipinski definition) is 5. The SMILES string of the molecule is NC(COCC(F)F)=NCc1cc(NC(=O)c2ncc(OC(F)F)cc2Cl)ccc1F. The zero-order valence-electron chi connectivity index (χ0n) is 15.6. The van der Waals surface area contributed by atoms with E-state index in [9.17, 15) is 26.7 Å². The summed E-state index contributed by atoms with van der Waals surface area (Å²) in [5, 5.41) is 2.20. The Morgan fingerprint density at radius 1 is 1.26 bits per heavy atom. The Labute approximate surface area is 178 Å². The van der Waals surface area contributed by atoms with Gasteiger partial charge in [-0.25, -0.2) is 18.2 Å². The number of aromatic nitrogens is 1. The number of anilines is 1. The predicted octanol–water partition coefficient (Wildman–Crippen LogP) is 3.87. The molecule has 0 unspecified atom stereocenters. The predicted molar refractivity (Wildman–Crippen MR) is 102 cm³/mol. The van der Waals surface area contributed by atoms with E-state index in [0.29, 0.717) is 0 Å². The highest BCUT2D eigenvalue weighted by Gasteiger charge is 2.16. The summed E-state index contributed by atoms with van der Waals surface area (Å²) in [6.07, 6.45) is -1.75. The van der Waals surface area contributed by atoms with Crippen molar-refractivity contribution < 1.29 is 36.2 Å². The molecule has 0 radical (unpaired) electrons. The molecule has 0 saturated heterocycles. The number of nitrogens with one attached hydrogen (secondary N) is 1. The summed E-state index contributed by atoms with van der Waals surface area (Å²) in [5.41, 5.74) is 5.46. The molecule has 7 nitrogen and oxygen atoms in total. The number of alkyl halides is 4. The Kier molecular flexibility index (Phi) is 8.94. The lowest BCUT2D eigenvalue weighted by Crippen LogP contribution is -2.21. The van der Waals surface area contributed by atoms with Gasteiger partial charge in [-0.15, -0.1) is 0 Å². The van der Waals surface area contributed by atoms with Gasteiger partial charge in [0.25, 0.3) is 12.3 Å². The fourth-order valence-corrected chi connectivity index (χ4v) is 2.45. The van der Waals surface area contributed by atoms with Gasteiger partial charge >= 0.3 is 6.61 Å². The molecule has 3 N–H and O–H groups in total. The van der Waals surface area contributed by atoms with Crippen LogP contribution in [0.4, 0.5) is 27.6 Å². The van der Waals surface area contributed by atoms with Gasteiger partial charge in [0.1, 0.15) is 36.3 Å². The summed E-state index contributed by atoms with van der Waals surface area (Å²) in [6.45, 7) is -4.48. The van der Waals surface area contributed by atoms with Crippen molar-refractivity contribution in [1.82, 2.24) is 4.98 Å². The van der Waals surface area contributed by atoms with E-state index in [1.165, 1.54) is 12.1 Å². The number of carbonyl (C=O) groups excluding carboxylic acids is 1. The minimum atomic E-state index is -3.08. The zero-order valence-corrected chi connectivity index (χ0v) is 16.4. The minimum absolute atomic E-state index is 0.0503. The van der Waals surface area contributed by atoms with Gasteiger partial charge in [-0.2, -0.15) is 8.78 Å². The Bertz CT molecular complexity index is 946. The molecule has 2 aromatic rings. The molecule has 2 rings (SSSR count). The normalized spacial score (nSPS) is 11.8. The van der Waals surface area contributed by atoms with E-state index in [-0.39, 0.29) is 46.7 Å². The quantitative estimate of drug-likeness (QED) is 0.315. The van der Waals surface area contributed by atoms with Crippen molar-refractivity contribution in [3.8, 4) is 5.75 Å². The van der Waals surface area contributed by atoms with E-state index in [1.807, 2.05) is 0 Å². The Balaban J connectivity index is 2.05. The topological polar surface area (TPSA) is 98.8 Å². The van der Waals surface area contributed by atoms with Crippen molar-refractivity contribution in [2.45, 2.75) is 19.6 Å². The molecule has 1 aromatic carbocycles. The van der Waals surface area contributed by atoms with Crippen LogP contribution >= 0.6 is 11.6 Å². The van der Waals surface area contributed by atoms with Gasteiger partial charge in [-0.3, -0.25) is 9.79 Å². The molecule has 0 aliphatic carbocycles. The third kappa shape index (κ3) is 7.98. The summed E-state index contributed by atoms with van der Waals surface area (Å²) in [6, 6.07) is 4.60. The van der Waals surface area contributed by atoms with Crippen LogP contribution in [-0.4, -0.2) is 43.0 Å². The number of nitrogens with zero attached hydrogens (tertiary/aromatic N) is 2. The third-order valence-corrected chi connectivity index (χ3v) is 3.79. The van der Waals surface area contributed by atoms with Crippen LogP contribution in [-0.2, 0) is 11.3 Å². The highest BCUT2D eigenvalue weighted by Crippen LogP contribution is 2.23. The molecule has 0 bridgehead atoms. The van der Waals surface area contributed by atoms with Gasteiger partial charge < -0.3 is 20.5 Å². The average molecular weight is 467 g/mol. The lowest BCUT2D eigenvalue weighted by atomic mass is 10.2. The fraction of sp³-hybridized carbons (Fsp3) is 0.278. The first-order valence-corrected chi connectivity index (χ1v) is 8.88. The summed E-state index contributed by atoms with van der Waals surface area (Å²) >= 11 is 5.88. The minimum Gasteiger partial charge on any atom is -0.433 e. The molecular weight excluding hydrogens is 451 g/mol. The Morgan fingerprint density at radius 3 is 2.65 bits per heavy atom. The fourth-order valence-electron chi connectivity index (χ4n) is 2.20. The average Bonchev–Trinajstić information content (AvgIpc) is 2.67. The maximum Gasteiger partial charge on any atom is 0.387 e. The highest BCUT2D eigenvalue weighted by molar-refractivity contribution is 6.34. The summed E-state index contributed by atoms with van der Waals surface area (Å²) in [7, 11) is 0. The standard InChI is InChI=1S/C18H16ClF5N4O3/c19-12-4-11(31-18(23)24)6-27-16(12)17(29)28-10-1-2-13(20)9(3-10)5-26-15(25)8-30-7-14(21)22/h1-4,6,14,18H,5,7-8H2,(H2,25,26)(H,28,29). The monoisotopic (exact) mass is 466 g/mol. The molecule has 168 valence electrons. The molecule has 0 aliphatic heterocycles. The van der Waals surface area contributed by atoms with Gasteiger partial charge in [0.05, 0.1) is 17.8 Å². The van der Waals surface area contributed by atoms with Crippen LogP contribution in [0.2, 0.25) is 5.02 Å². The number of aliphatic imine (C=N–C) groups is 1. The number of nitrogens with two attached hydrogens (primary N) is 1. The van der Waals surface area contributed by atoms with Crippen molar-refractivity contribution >= 4 is 29.0 Å². The number of ether oxygens (including phenoxy) is 2. The maximum absolute atomic E-state index is 14.0. The number of pyridine rings is 1. The molecule has 0 aliphatic rings. The number of amidine groups is 1. The van der Waals surface area contributed by atoms with Crippen molar-refractivity contribution in [3.05, 3.63) is 52.6 Å². The second kappa shape index (κ2) is 11.4. The summed E-state index contributed by atoms with van der Waals surface area (Å²) in [5.74, 6) is -1.87. The molecule has 0 fully saturated rings. The molecule has 1 amide bonds. The smallest absolute Gasteiger partial charge is 0.387 e. The largest absolute Gasteiger partial charge is 0.433 e.